The standard InChI is InChI=1S/C19H28N2O2/c1-5-6-10-18-16(15-9-7-8-11-17(15)23-18)13-21(4)19(22)14(2)12-20-3/h7-9,11,14,20H,5-6,10,12-13H2,1-4H3. The summed E-state index contributed by atoms with van der Waals surface area (Å²) in [7, 11) is 3.75. The van der Waals surface area contributed by atoms with Crippen molar-refractivity contribution >= 4 is 16.9 Å². The molecule has 23 heavy (non-hydrogen) atoms. The fourth-order valence-corrected chi connectivity index (χ4v) is 2.95. The van der Waals surface area contributed by atoms with Crippen LogP contribution in [0.4, 0.5) is 0 Å². The van der Waals surface area contributed by atoms with Gasteiger partial charge in [0.15, 0.2) is 0 Å². The van der Waals surface area contributed by atoms with E-state index < -0.39 is 0 Å². The fourth-order valence-electron chi connectivity index (χ4n) is 2.95. The molecule has 1 unspecified atom stereocenters. The molecule has 2 aromatic rings. The van der Waals surface area contributed by atoms with Crippen LogP contribution in [-0.2, 0) is 17.8 Å². The Labute approximate surface area is 138 Å². The zero-order valence-electron chi connectivity index (χ0n) is 14.7. The summed E-state index contributed by atoms with van der Waals surface area (Å²) in [6, 6.07) is 8.10. The van der Waals surface area contributed by atoms with Gasteiger partial charge in [0.25, 0.3) is 0 Å². The van der Waals surface area contributed by atoms with Crippen molar-refractivity contribution in [1.29, 1.82) is 0 Å². The number of rotatable bonds is 8. The number of benzene rings is 1. The molecular weight excluding hydrogens is 288 g/mol. The molecule has 0 aliphatic heterocycles. The number of fused-ring (bicyclic) bond motifs is 1. The van der Waals surface area contributed by atoms with Crippen molar-refractivity contribution in [3.63, 3.8) is 0 Å². The normalized spacial score (nSPS) is 12.5. The predicted molar refractivity (Wildman–Crippen MR) is 94.4 cm³/mol. The molecule has 1 amide bonds. The number of carbonyl (C=O) groups is 1. The van der Waals surface area contributed by atoms with Gasteiger partial charge in [0, 0.05) is 43.4 Å². The lowest BCUT2D eigenvalue weighted by Gasteiger charge is -2.21. The van der Waals surface area contributed by atoms with Gasteiger partial charge in [-0.25, -0.2) is 0 Å². The highest BCUT2D eigenvalue weighted by Gasteiger charge is 2.21. The first-order chi connectivity index (χ1) is 11.1. The second-order valence-electron chi connectivity index (χ2n) is 6.26. The lowest BCUT2D eigenvalue weighted by atomic mass is 10.1. The Bertz CT molecular complexity index is 648. The molecule has 0 aliphatic rings. The van der Waals surface area contributed by atoms with Crippen LogP contribution in [0.15, 0.2) is 28.7 Å². The maximum Gasteiger partial charge on any atom is 0.226 e. The summed E-state index contributed by atoms with van der Waals surface area (Å²) in [6.45, 7) is 5.43. The van der Waals surface area contributed by atoms with Crippen molar-refractivity contribution in [1.82, 2.24) is 10.2 Å². The van der Waals surface area contributed by atoms with E-state index in [0.717, 1.165) is 41.6 Å². The summed E-state index contributed by atoms with van der Waals surface area (Å²) in [5, 5.41) is 4.19. The second kappa shape index (κ2) is 8.16. The molecule has 2 rings (SSSR count). The van der Waals surface area contributed by atoms with E-state index in [4.69, 9.17) is 4.42 Å². The minimum Gasteiger partial charge on any atom is -0.461 e. The number of nitrogens with zero attached hydrogens (tertiary/aromatic N) is 1. The SMILES string of the molecule is CCCCc1oc2ccccc2c1CN(C)C(=O)C(C)CNC. The summed E-state index contributed by atoms with van der Waals surface area (Å²) >= 11 is 0. The Hall–Kier alpha value is -1.81. The average Bonchev–Trinajstić information content (AvgIpc) is 2.90. The third-order valence-electron chi connectivity index (χ3n) is 4.24. The van der Waals surface area contributed by atoms with E-state index in [1.54, 1.807) is 0 Å². The lowest BCUT2D eigenvalue weighted by molar-refractivity contribution is -0.134. The highest BCUT2D eigenvalue weighted by atomic mass is 16.3. The lowest BCUT2D eigenvalue weighted by Crippen LogP contribution is -2.35. The van der Waals surface area contributed by atoms with Crippen LogP contribution in [0.5, 0.6) is 0 Å². The monoisotopic (exact) mass is 316 g/mol. The van der Waals surface area contributed by atoms with Crippen molar-refractivity contribution < 1.29 is 9.21 Å². The maximum absolute atomic E-state index is 12.5. The zero-order valence-corrected chi connectivity index (χ0v) is 14.7. The Morgan fingerprint density at radius 1 is 1.35 bits per heavy atom. The van der Waals surface area contributed by atoms with Gasteiger partial charge in [-0.1, -0.05) is 38.5 Å². The van der Waals surface area contributed by atoms with E-state index in [1.807, 2.05) is 44.1 Å². The number of hydrogen-bond acceptors (Lipinski definition) is 3. The number of aryl methyl sites for hydroxylation is 1. The van der Waals surface area contributed by atoms with Crippen LogP contribution in [0.25, 0.3) is 11.0 Å². The van der Waals surface area contributed by atoms with Crippen LogP contribution in [0.1, 0.15) is 38.0 Å². The van der Waals surface area contributed by atoms with Crippen molar-refractivity contribution in [3.05, 3.63) is 35.6 Å². The molecule has 0 saturated heterocycles. The number of unbranched alkanes of at least 4 members (excludes halogenated alkanes) is 1. The van der Waals surface area contributed by atoms with Crippen LogP contribution >= 0.6 is 0 Å². The first-order valence-corrected chi connectivity index (χ1v) is 8.47. The molecule has 0 saturated carbocycles. The first kappa shape index (κ1) is 17.5. The zero-order chi connectivity index (χ0) is 16.8. The van der Waals surface area contributed by atoms with E-state index in [2.05, 4.69) is 18.3 Å². The van der Waals surface area contributed by atoms with Gasteiger partial charge in [-0.15, -0.1) is 0 Å². The number of carbonyl (C=O) groups excluding carboxylic acids is 1. The number of hydrogen-bond donors (Lipinski definition) is 1. The molecule has 1 heterocycles. The number of para-hydroxylation sites is 1. The van der Waals surface area contributed by atoms with E-state index in [0.29, 0.717) is 13.1 Å². The molecule has 0 bridgehead atoms. The van der Waals surface area contributed by atoms with E-state index in [-0.39, 0.29) is 11.8 Å². The molecule has 0 fully saturated rings. The average molecular weight is 316 g/mol. The molecule has 1 atom stereocenters. The molecule has 1 N–H and O–H groups in total. The predicted octanol–water partition coefficient (Wildman–Crippen LogP) is 3.59. The van der Waals surface area contributed by atoms with Crippen LogP contribution < -0.4 is 5.32 Å². The van der Waals surface area contributed by atoms with Crippen molar-refractivity contribution in [3.8, 4) is 0 Å². The van der Waals surface area contributed by atoms with Crippen molar-refractivity contribution in [2.45, 2.75) is 39.7 Å². The minimum absolute atomic E-state index is 0.0257. The number of nitrogens with one attached hydrogen (secondary N) is 1. The van der Waals surface area contributed by atoms with Crippen LogP contribution in [-0.4, -0.2) is 31.4 Å². The quantitative estimate of drug-likeness (QED) is 0.809. The Balaban J connectivity index is 2.24. The van der Waals surface area contributed by atoms with Gasteiger partial charge in [-0.2, -0.15) is 0 Å². The van der Waals surface area contributed by atoms with Crippen LogP contribution in [0.2, 0.25) is 0 Å². The van der Waals surface area contributed by atoms with Crippen LogP contribution in [0, 0.1) is 5.92 Å². The molecule has 126 valence electrons. The van der Waals surface area contributed by atoms with Crippen LogP contribution in [0.3, 0.4) is 0 Å². The van der Waals surface area contributed by atoms with Gasteiger partial charge >= 0.3 is 0 Å². The number of amides is 1. The Morgan fingerprint density at radius 3 is 2.78 bits per heavy atom. The summed E-state index contributed by atoms with van der Waals surface area (Å²) in [6.07, 6.45) is 3.15. The molecule has 4 heteroatoms. The number of furan rings is 1. The smallest absolute Gasteiger partial charge is 0.226 e. The third-order valence-corrected chi connectivity index (χ3v) is 4.24. The Kier molecular flexibility index (Phi) is 6.22. The van der Waals surface area contributed by atoms with E-state index in [9.17, 15) is 4.79 Å². The minimum atomic E-state index is -0.0257. The molecule has 1 aromatic heterocycles. The second-order valence-corrected chi connectivity index (χ2v) is 6.26. The molecule has 4 nitrogen and oxygen atoms in total. The molecule has 0 spiro atoms. The summed E-state index contributed by atoms with van der Waals surface area (Å²) in [5.41, 5.74) is 2.07. The summed E-state index contributed by atoms with van der Waals surface area (Å²) in [4.78, 5) is 14.3. The highest BCUT2D eigenvalue weighted by molar-refractivity contribution is 5.83. The van der Waals surface area contributed by atoms with Crippen molar-refractivity contribution in [2.75, 3.05) is 20.6 Å². The van der Waals surface area contributed by atoms with Gasteiger partial charge in [-0.05, 0) is 19.5 Å². The van der Waals surface area contributed by atoms with Gasteiger partial charge in [0.2, 0.25) is 5.91 Å². The fraction of sp³-hybridized carbons (Fsp3) is 0.526. The molecule has 0 radical (unpaired) electrons. The topological polar surface area (TPSA) is 45.5 Å². The molecule has 0 aliphatic carbocycles. The van der Waals surface area contributed by atoms with E-state index >= 15 is 0 Å². The molecular formula is C19H28N2O2. The van der Waals surface area contributed by atoms with Gasteiger partial charge in [0.05, 0.1) is 0 Å². The largest absolute Gasteiger partial charge is 0.461 e. The Morgan fingerprint density at radius 2 is 2.09 bits per heavy atom. The summed E-state index contributed by atoms with van der Waals surface area (Å²) in [5.74, 6) is 1.15. The van der Waals surface area contributed by atoms with Gasteiger partial charge in [-0.3, -0.25) is 4.79 Å². The van der Waals surface area contributed by atoms with E-state index in [1.165, 1.54) is 0 Å². The van der Waals surface area contributed by atoms with Gasteiger partial charge < -0.3 is 14.6 Å². The third kappa shape index (κ3) is 4.14. The highest BCUT2D eigenvalue weighted by Crippen LogP contribution is 2.28. The van der Waals surface area contributed by atoms with Gasteiger partial charge in [0.1, 0.15) is 11.3 Å². The van der Waals surface area contributed by atoms with Crippen molar-refractivity contribution in [2.24, 2.45) is 5.92 Å². The molecule has 1 aromatic carbocycles. The first-order valence-electron chi connectivity index (χ1n) is 8.47. The summed E-state index contributed by atoms with van der Waals surface area (Å²) < 4.78 is 6.04. The maximum atomic E-state index is 12.5.